The van der Waals surface area contributed by atoms with E-state index in [0.29, 0.717) is 5.82 Å². The Morgan fingerprint density at radius 2 is 1.70 bits per heavy atom. The Balaban J connectivity index is 2.19. The third-order valence-corrected chi connectivity index (χ3v) is 2.61. The van der Waals surface area contributed by atoms with Crippen molar-refractivity contribution in [1.29, 1.82) is 0 Å². The molecule has 2 rings (SSSR count). The molecule has 0 atom stereocenters. The van der Waals surface area contributed by atoms with Gasteiger partial charge in [-0.2, -0.15) is 0 Å². The van der Waals surface area contributed by atoms with E-state index >= 15 is 0 Å². The Kier molecular flexibility index (Phi) is 4.05. The van der Waals surface area contributed by atoms with Gasteiger partial charge in [0.25, 0.3) is 5.69 Å². The summed E-state index contributed by atoms with van der Waals surface area (Å²) in [6, 6.07) is 6.31. The van der Waals surface area contributed by atoms with Crippen molar-refractivity contribution in [1.82, 2.24) is 14.9 Å². The van der Waals surface area contributed by atoms with Gasteiger partial charge in [0, 0.05) is 50.4 Å². The maximum Gasteiger partial charge on any atom is 0.269 e. The van der Waals surface area contributed by atoms with Crippen LogP contribution >= 0.6 is 0 Å². The fourth-order valence-electron chi connectivity index (χ4n) is 1.56. The quantitative estimate of drug-likeness (QED) is 0.630. The van der Waals surface area contributed by atoms with E-state index in [9.17, 15) is 10.1 Å². The number of hydrogen-bond acceptors (Lipinski definition) is 5. The fourth-order valence-corrected chi connectivity index (χ4v) is 1.56. The second kappa shape index (κ2) is 5.92. The summed E-state index contributed by atoms with van der Waals surface area (Å²) in [4.78, 5) is 20.5. The minimum atomic E-state index is -0.421. The van der Waals surface area contributed by atoms with Crippen LogP contribution in [0.3, 0.4) is 0 Å². The Morgan fingerprint density at radius 3 is 2.20 bits per heavy atom. The van der Waals surface area contributed by atoms with E-state index in [1.807, 2.05) is 25.2 Å². The molecule has 0 saturated carbocycles. The highest BCUT2D eigenvalue weighted by Gasteiger charge is 2.05. The zero-order valence-corrected chi connectivity index (χ0v) is 11.2. The van der Waals surface area contributed by atoms with Gasteiger partial charge >= 0.3 is 0 Å². The summed E-state index contributed by atoms with van der Waals surface area (Å²) < 4.78 is 0. The van der Waals surface area contributed by atoms with Gasteiger partial charge in [-0.15, -0.1) is 0 Å². The van der Waals surface area contributed by atoms with Crippen LogP contribution in [0.25, 0.3) is 17.2 Å². The molecule has 0 amide bonds. The molecule has 1 heterocycles. The molecule has 0 bridgehead atoms. The van der Waals surface area contributed by atoms with Crippen LogP contribution in [0, 0.1) is 10.1 Å². The molecule has 0 N–H and O–H groups in total. The van der Waals surface area contributed by atoms with E-state index in [-0.39, 0.29) is 5.69 Å². The topological polar surface area (TPSA) is 72.2 Å². The average molecular weight is 270 g/mol. The van der Waals surface area contributed by atoms with Crippen LogP contribution in [-0.4, -0.2) is 33.9 Å². The van der Waals surface area contributed by atoms with Crippen molar-refractivity contribution in [3.8, 4) is 11.1 Å². The minimum Gasteiger partial charge on any atom is -0.383 e. The largest absolute Gasteiger partial charge is 0.383 e. The van der Waals surface area contributed by atoms with Gasteiger partial charge in [0.05, 0.1) is 4.92 Å². The van der Waals surface area contributed by atoms with Crippen molar-refractivity contribution in [2.75, 3.05) is 14.1 Å². The summed E-state index contributed by atoms with van der Waals surface area (Å²) in [5, 5.41) is 10.6. The summed E-state index contributed by atoms with van der Waals surface area (Å²) in [7, 11) is 3.84. The van der Waals surface area contributed by atoms with Gasteiger partial charge in [0.1, 0.15) is 0 Å². The van der Waals surface area contributed by atoms with E-state index in [0.717, 1.165) is 11.1 Å². The minimum absolute atomic E-state index is 0.0696. The van der Waals surface area contributed by atoms with Crippen molar-refractivity contribution in [2.45, 2.75) is 0 Å². The lowest BCUT2D eigenvalue weighted by atomic mass is 10.1. The number of nitro benzene ring substituents is 1. The van der Waals surface area contributed by atoms with Crippen LogP contribution in [0.2, 0.25) is 0 Å². The molecule has 0 aliphatic heterocycles. The van der Waals surface area contributed by atoms with Crippen LogP contribution in [0.15, 0.2) is 42.9 Å². The van der Waals surface area contributed by atoms with Crippen molar-refractivity contribution < 1.29 is 4.92 Å². The van der Waals surface area contributed by atoms with Gasteiger partial charge in [-0.1, -0.05) is 0 Å². The van der Waals surface area contributed by atoms with Gasteiger partial charge < -0.3 is 4.90 Å². The Morgan fingerprint density at radius 1 is 1.10 bits per heavy atom. The predicted molar refractivity (Wildman–Crippen MR) is 76.8 cm³/mol. The zero-order valence-electron chi connectivity index (χ0n) is 11.2. The van der Waals surface area contributed by atoms with Gasteiger partial charge in [-0.3, -0.25) is 10.1 Å². The second-order valence-electron chi connectivity index (χ2n) is 4.41. The van der Waals surface area contributed by atoms with Crippen molar-refractivity contribution in [3.05, 3.63) is 58.8 Å². The molecule has 0 saturated heterocycles. The second-order valence-corrected chi connectivity index (χ2v) is 4.41. The molecule has 6 nitrogen and oxygen atoms in total. The van der Waals surface area contributed by atoms with Crippen LogP contribution in [-0.2, 0) is 0 Å². The summed E-state index contributed by atoms with van der Waals surface area (Å²) in [6.45, 7) is 0. The molecule has 1 aromatic carbocycles. The van der Waals surface area contributed by atoms with Crippen molar-refractivity contribution in [3.63, 3.8) is 0 Å². The molecular formula is C14H14N4O2. The first-order valence-electron chi connectivity index (χ1n) is 5.98. The van der Waals surface area contributed by atoms with Crippen molar-refractivity contribution >= 4 is 11.8 Å². The Labute approximate surface area is 116 Å². The van der Waals surface area contributed by atoms with E-state index in [1.165, 1.54) is 12.1 Å². The maximum atomic E-state index is 10.6. The lowest BCUT2D eigenvalue weighted by Crippen LogP contribution is -2.00. The molecule has 1 aromatic heterocycles. The molecule has 102 valence electrons. The van der Waals surface area contributed by atoms with E-state index in [4.69, 9.17) is 0 Å². The fraction of sp³-hybridized carbons (Fsp3) is 0.143. The van der Waals surface area contributed by atoms with Gasteiger partial charge in [0.2, 0.25) is 0 Å². The Hall–Kier alpha value is -2.76. The number of aromatic nitrogens is 2. The molecule has 6 heteroatoms. The van der Waals surface area contributed by atoms with E-state index < -0.39 is 4.92 Å². The summed E-state index contributed by atoms with van der Waals surface area (Å²) in [5.74, 6) is 0.615. The van der Waals surface area contributed by atoms with Gasteiger partial charge in [-0.25, -0.2) is 9.97 Å². The first-order chi connectivity index (χ1) is 9.56. The standard InChI is InChI=1S/C14H14N4O2/c1-17(2)8-7-14-15-9-12(10-16-14)11-3-5-13(6-4-11)18(19)20/h3-10H,1-2H3/b8-7+. The monoisotopic (exact) mass is 270 g/mol. The van der Waals surface area contributed by atoms with Crippen LogP contribution in [0.1, 0.15) is 5.82 Å². The molecule has 0 unspecified atom stereocenters. The number of hydrogen-bond donors (Lipinski definition) is 0. The lowest BCUT2D eigenvalue weighted by Gasteiger charge is -2.03. The van der Waals surface area contributed by atoms with Crippen LogP contribution in [0.4, 0.5) is 5.69 Å². The summed E-state index contributed by atoms with van der Waals surface area (Å²) in [5.41, 5.74) is 1.74. The SMILES string of the molecule is CN(C)/C=C/c1ncc(-c2ccc([N+](=O)[O-])cc2)cn1. The smallest absolute Gasteiger partial charge is 0.269 e. The summed E-state index contributed by atoms with van der Waals surface area (Å²) in [6.07, 6.45) is 7.06. The molecule has 0 aliphatic rings. The predicted octanol–water partition coefficient (Wildman–Crippen LogP) is 2.58. The molecular weight excluding hydrogens is 256 g/mol. The number of non-ortho nitro benzene ring substituents is 1. The number of nitrogens with zero attached hydrogens (tertiary/aromatic N) is 4. The maximum absolute atomic E-state index is 10.6. The third kappa shape index (κ3) is 3.38. The molecule has 0 spiro atoms. The molecule has 0 fully saturated rings. The highest BCUT2D eigenvalue weighted by Crippen LogP contribution is 2.21. The van der Waals surface area contributed by atoms with Crippen LogP contribution < -0.4 is 0 Å². The van der Waals surface area contributed by atoms with Gasteiger partial charge in [0.15, 0.2) is 5.82 Å². The van der Waals surface area contributed by atoms with Gasteiger partial charge in [-0.05, 0) is 23.8 Å². The molecule has 0 aliphatic carbocycles. The van der Waals surface area contributed by atoms with E-state index in [1.54, 1.807) is 30.6 Å². The van der Waals surface area contributed by atoms with E-state index in [2.05, 4.69) is 9.97 Å². The molecule has 0 radical (unpaired) electrons. The zero-order chi connectivity index (χ0) is 14.5. The normalized spacial score (nSPS) is 10.7. The lowest BCUT2D eigenvalue weighted by molar-refractivity contribution is -0.384. The first-order valence-corrected chi connectivity index (χ1v) is 5.98. The summed E-state index contributed by atoms with van der Waals surface area (Å²) >= 11 is 0. The average Bonchev–Trinajstić information content (AvgIpc) is 2.46. The number of rotatable bonds is 4. The molecule has 20 heavy (non-hydrogen) atoms. The Bertz CT molecular complexity index is 619. The highest BCUT2D eigenvalue weighted by atomic mass is 16.6. The first kappa shape index (κ1) is 13.7. The third-order valence-electron chi connectivity index (χ3n) is 2.61. The van der Waals surface area contributed by atoms with Crippen LogP contribution in [0.5, 0.6) is 0 Å². The highest BCUT2D eigenvalue weighted by molar-refractivity contribution is 5.63. The molecule has 2 aromatic rings. The number of nitro groups is 1. The number of benzene rings is 1. The van der Waals surface area contributed by atoms with Crippen molar-refractivity contribution in [2.24, 2.45) is 0 Å².